The van der Waals surface area contributed by atoms with Crippen LogP contribution in [0.2, 0.25) is 0 Å². The van der Waals surface area contributed by atoms with Crippen LogP contribution in [0.5, 0.6) is 0 Å². The number of morpholine rings is 1. The average molecular weight is 202 g/mol. The lowest BCUT2D eigenvalue weighted by Gasteiger charge is -2.29. The zero-order valence-corrected chi connectivity index (χ0v) is 8.22. The second-order valence-electron chi connectivity index (χ2n) is 3.07. The highest BCUT2D eigenvalue weighted by molar-refractivity contribution is 8.01. The summed E-state index contributed by atoms with van der Waals surface area (Å²) in [6.07, 6.45) is 1.92. The highest BCUT2D eigenvalue weighted by Crippen LogP contribution is 2.14. The zero-order chi connectivity index (χ0) is 9.10. The van der Waals surface area contributed by atoms with Crippen molar-refractivity contribution in [1.29, 1.82) is 0 Å². The Balaban J connectivity index is 1.77. The fourth-order valence-electron chi connectivity index (χ4n) is 1.35. The first-order valence-corrected chi connectivity index (χ1v) is 5.13. The third kappa shape index (κ3) is 2.50. The molecule has 2 heterocycles. The average Bonchev–Trinajstić information content (AvgIpc) is 2.53. The number of hydrogen-bond donors (Lipinski definition) is 2. The van der Waals surface area contributed by atoms with Crippen molar-refractivity contribution < 1.29 is 4.74 Å². The molecule has 0 amide bonds. The molecule has 1 saturated heterocycles. The summed E-state index contributed by atoms with van der Waals surface area (Å²) in [6, 6.07) is 0. The van der Waals surface area contributed by atoms with Gasteiger partial charge in [0.05, 0.1) is 19.9 Å². The van der Waals surface area contributed by atoms with Crippen LogP contribution in [-0.2, 0) is 4.74 Å². The van der Waals surface area contributed by atoms with E-state index >= 15 is 0 Å². The van der Waals surface area contributed by atoms with E-state index in [1.807, 2.05) is 11.2 Å². The first-order chi connectivity index (χ1) is 6.34. The summed E-state index contributed by atoms with van der Waals surface area (Å²) in [5.74, 6) is 0. The summed E-state index contributed by atoms with van der Waals surface area (Å²) < 4.78 is 5.26. The summed E-state index contributed by atoms with van der Waals surface area (Å²) in [5.41, 5.74) is 5.61. The normalized spacial score (nSPS) is 24.9. The molecule has 0 spiro atoms. The Morgan fingerprint density at radius 1 is 1.54 bits per heavy atom. The second-order valence-corrected chi connectivity index (χ2v) is 3.92. The van der Waals surface area contributed by atoms with Gasteiger partial charge in [-0.2, -0.15) is 4.83 Å². The molecule has 0 aromatic heterocycles. The second kappa shape index (κ2) is 4.19. The maximum atomic E-state index is 5.61. The van der Waals surface area contributed by atoms with Gasteiger partial charge in [-0.1, -0.05) is 0 Å². The number of nitrogens with one attached hydrogen (secondary N) is 1. The summed E-state index contributed by atoms with van der Waals surface area (Å²) >= 11 is 1.45. The lowest BCUT2D eigenvalue weighted by Crippen LogP contribution is -2.44. The van der Waals surface area contributed by atoms with Crippen molar-refractivity contribution in [3.8, 4) is 0 Å². The minimum absolute atomic E-state index is 0.813. The Kier molecular flexibility index (Phi) is 2.94. The molecule has 74 valence electrons. The van der Waals surface area contributed by atoms with Crippen LogP contribution < -0.4 is 10.6 Å². The van der Waals surface area contributed by atoms with Gasteiger partial charge >= 0.3 is 0 Å². The molecule has 0 aliphatic carbocycles. The maximum Gasteiger partial charge on any atom is 0.100 e. The lowest BCUT2D eigenvalue weighted by atomic mass is 10.4. The first kappa shape index (κ1) is 9.14. The summed E-state index contributed by atoms with van der Waals surface area (Å²) in [7, 11) is 0. The predicted octanol–water partition coefficient (Wildman–Crippen LogP) is -0.498. The molecule has 0 radical (unpaired) electrons. The monoisotopic (exact) mass is 202 g/mol. The molecule has 3 N–H and O–H groups in total. The molecule has 0 aromatic carbocycles. The van der Waals surface area contributed by atoms with E-state index in [2.05, 4.69) is 9.73 Å². The smallest absolute Gasteiger partial charge is 0.100 e. The van der Waals surface area contributed by atoms with Gasteiger partial charge in [-0.05, 0) is 11.9 Å². The van der Waals surface area contributed by atoms with Crippen LogP contribution in [-0.4, -0.2) is 42.9 Å². The highest BCUT2D eigenvalue weighted by atomic mass is 32.2. The van der Waals surface area contributed by atoms with E-state index < -0.39 is 0 Å². The molecule has 0 unspecified atom stereocenters. The minimum atomic E-state index is 0.813. The Hall–Kier alpha value is -0.430. The molecule has 2 rings (SSSR count). The quantitative estimate of drug-likeness (QED) is 0.589. The first-order valence-electron chi connectivity index (χ1n) is 4.31. The predicted molar refractivity (Wildman–Crippen MR) is 52.1 cm³/mol. The van der Waals surface area contributed by atoms with Gasteiger partial charge in [-0.25, -0.2) is 0 Å². The van der Waals surface area contributed by atoms with E-state index in [1.165, 1.54) is 11.9 Å². The Bertz CT molecular complexity index is 205. The fourth-order valence-corrected chi connectivity index (χ4v) is 1.86. The van der Waals surface area contributed by atoms with E-state index in [9.17, 15) is 0 Å². The molecule has 0 aromatic rings. The van der Waals surface area contributed by atoms with E-state index in [0.717, 1.165) is 38.0 Å². The van der Waals surface area contributed by atoms with Gasteiger partial charge in [-0.3, -0.25) is 9.91 Å². The number of hydrogen-bond acceptors (Lipinski definition) is 6. The summed E-state index contributed by atoms with van der Waals surface area (Å²) in [6.45, 7) is 4.53. The molecular formula is C7H14N4OS. The molecular weight excluding hydrogens is 188 g/mol. The standard InChI is InChI=1S/C7H14N4OS/c8-7-5-11(9-13-7)6-10-1-3-12-4-2-10/h5,9H,1-4,6,8H2. The van der Waals surface area contributed by atoms with Crippen molar-refractivity contribution in [3.05, 3.63) is 11.2 Å². The van der Waals surface area contributed by atoms with Crippen molar-refractivity contribution in [2.24, 2.45) is 5.73 Å². The summed E-state index contributed by atoms with van der Waals surface area (Å²) in [4.78, 5) is 5.43. The third-order valence-electron chi connectivity index (χ3n) is 2.02. The molecule has 6 heteroatoms. The molecule has 1 fully saturated rings. The molecule has 2 aliphatic heterocycles. The fraction of sp³-hybridized carbons (Fsp3) is 0.714. The van der Waals surface area contributed by atoms with Crippen molar-refractivity contribution in [2.45, 2.75) is 0 Å². The van der Waals surface area contributed by atoms with Crippen LogP contribution in [0.4, 0.5) is 0 Å². The molecule has 0 bridgehead atoms. The number of hydrazine groups is 1. The largest absolute Gasteiger partial charge is 0.391 e. The highest BCUT2D eigenvalue weighted by Gasteiger charge is 2.15. The van der Waals surface area contributed by atoms with Crippen molar-refractivity contribution in [1.82, 2.24) is 14.7 Å². The number of rotatable bonds is 2. The number of nitrogens with two attached hydrogens (primary N) is 1. The third-order valence-corrected chi connectivity index (χ3v) is 2.69. The van der Waals surface area contributed by atoms with Gasteiger partial charge in [0, 0.05) is 19.3 Å². The van der Waals surface area contributed by atoms with Gasteiger partial charge < -0.3 is 10.5 Å². The van der Waals surface area contributed by atoms with Crippen LogP contribution in [0.25, 0.3) is 0 Å². The lowest BCUT2D eigenvalue weighted by molar-refractivity contribution is 0.0160. The Labute approximate surface area is 82.0 Å². The van der Waals surface area contributed by atoms with Crippen molar-refractivity contribution >= 4 is 11.9 Å². The van der Waals surface area contributed by atoms with Crippen LogP contribution in [0.15, 0.2) is 11.2 Å². The molecule has 0 atom stereocenters. The SMILES string of the molecule is NC1=CN(CN2CCOCC2)NS1. The van der Waals surface area contributed by atoms with E-state index in [1.54, 1.807) is 0 Å². The number of ether oxygens (including phenoxy) is 1. The molecule has 5 nitrogen and oxygen atoms in total. The van der Waals surface area contributed by atoms with Gasteiger partial charge in [0.15, 0.2) is 0 Å². The Morgan fingerprint density at radius 2 is 2.31 bits per heavy atom. The van der Waals surface area contributed by atoms with Crippen molar-refractivity contribution in [3.63, 3.8) is 0 Å². The van der Waals surface area contributed by atoms with E-state index in [-0.39, 0.29) is 0 Å². The topological polar surface area (TPSA) is 53.8 Å². The van der Waals surface area contributed by atoms with Crippen LogP contribution in [0.3, 0.4) is 0 Å². The van der Waals surface area contributed by atoms with Gasteiger partial charge in [0.1, 0.15) is 5.03 Å². The Morgan fingerprint density at radius 3 is 2.92 bits per heavy atom. The maximum absolute atomic E-state index is 5.61. The zero-order valence-electron chi connectivity index (χ0n) is 7.40. The van der Waals surface area contributed by atoms with Crippen molar-refractivity contribution in [2.75, 3.05) is 33.0 Å². The van der Waals surface area contributed by atoms with Crippen LogP contribution in [0.1, 0.15) is 0 Å². The minimum Gasteiger partial charge on any atom is -0.391 e. The van der Waals surface area contributed by atoms with E-state index in [4.69, 9.17) is 10.5 Å². The molecule has 13 heavy (non-hydrogen) atoms. The number of nitrogens with zero attached hydrogens (tertiary/aromatic N) is 2. The van der Waals surface area contributed by atoms with Crippen LogP contribution >= 0.6 is 11.9 Å². The van der Waals surface area contributed by atoms with Crippen LogP contribution in [0, 0.1) is 0 Å². The van der Waals surface area contributed by atoms with E-state index in [0.29, 0.717) is 0 Å². The molecule has 0 saturated carbocycles. The van der Waals surface area contributed by atoms with Gasteiger partial charge in [0.2, 0.25) is 0 Å². The van der Waals surface area contributed by atoms with Gasteiger partial charge in [-0.15, -0.1) is 0 Å². The molecule has 2 aliphatic rings. The van der Waals surface area contributed by atoms with Gasteiger partial charge in [0.25, 0.3) is 0 Å². The summed E-state index contributed by atoms with van der Waals surface area (Å²) in [5, 5.41) is 2.80.